The van der Waals surface area contributed by atoms with E-state index in [2.05, 4.69) is 0 Å². The van der Waals surface area contributed by atoms with Gasteiger partial charge in [0.1, 0.15) is 0 Å². The number of carbonyl (C=O) groups excluding carboxylic acids is 2. The Balaban J connectivity index is 2.68. The molecule has 0 unspecified atom stereocenters. The van der Waals surface area contributed by atoms with Gasteiger partial charge >= 0.3 is 5.97 Å². The second-order valence-electron chi connectivity index (χ2n) is 4.13. The number of aryl methyl sites for hydroxylation is 1. The third-order valence-corrected chi connectivity index (χ3v) is 2.83. The summed E-state index contributed by atoms with van der Waals surface area (Å²) in [7, 11) is 0. The van der Waals surface area contributed by atoms with E-state index in [1.54, 1.807) is 29.7 Å². The predicted octanol–water partition coefficient (Wildman–Crippen LogP) is 2.63. The molecule has 0 radical (unpaired) electrons. The van der Waals surface area contributed by atoms with E-state index in [1.165, 1.54) is 6.92 Å². The lowest BCUT2D eigenvalue weighted by Crippen LogP contribution is -2.07. The van der Waals surface area contributed by atoms with Crippen molar-refractivity contribution in [2.24, 2.45) is 0 Å². The molecule has 4 nitrogen and oxygen atoms in total. The zero-order chi connectivity index (χ0) is 13.3. The van der Waals surface area contributed by atoms with Crippen LogP contribution in [0.25, 0.3) is 5.52 Å². The average molecular weight is 245 g/mol. The fourth-order valence-corrected chi connectivity index (χ4v) is 2.16. The number of ketones is 1. The summed E-state index contributed by atoms with van der Waals surface area (Å²) in [6, 6.07) is 5.28. The Labute approximate surface area is 105 Å². The van der Waals surface area contributed by atoms with Crippen LogP contribution >= 0.6 is 0 Å². The summed E-state index contributed by atoms with van der Waals surface area (Å²) in [5.41, 5.74) is 2.66. The number of aromatic nitrogens is 1. The minimum atomic E-state index is -0.365. The van der Waals surface area contributed by atoms with Crippen molar-refractivity contribution in [3.63, 3.8) is 0 Å². The first-order valence-electron chi connectivity index (χ1n) is 5.85. The lowest BCUT2D eigenvalue weighted by Gasteiger charge is -2.05. The fraction of sp³-hybridized carbons (Fsp3) is 0.286. The molecule has 4 heteroatoms. The number of Topliss-reactive ketones (excluding diaryl/α,β-unsaturated/α-hetero) is 1. The molecular formula is C14H15NO3. The molecule has 2 heterocycles. The normalized spacial score (nSPS) is 10.6. The van der Waals surface area contributed by atoms with E-state index in [0.29, 0.717) is 23.4 Å². The van der Waals surface area contributed by atoms with Crippen LogP contribution in [0.5, 0.6) is 0 Å². The molecule has 0 spiro atoms. The first kappa shape index (κ1) is 12.4. The highest BCUT2D eigenvalue weighted by atomic mass is 16.5. The Morgan fingerprint density at radius 3 is 2.72 bits per heavy atom. The summed E-state index contributed by atoms with van der Waals surface area (Å²) in [6.07, 6.45) is 1.78. The number of carbonyl (C=O) groups is 2. The minimum absolute atomic E-state index is 0.0199. The summed E-state index contributed by atoms with van der Waals surface area (Å²) in [4.78, 5) is 23.4. The highest BCUT2D eigenvalue weighted by Gasteiger charge is 2.17. The van der Waals surface area contributed by atoms with Crippen molar-refractivity contribution in [3.8, 4) is 0 Å². The standard InChI is InChI=1S/C14H15NO3/c1-4-18-14(17)11-6-5-7-15-12(11)8-9(2)13(15)10(3)16/h5-8H,4H2,1-3H3. The molecule has 2 rings (SSSR count). The highest BCUT2D eigenvalue weighted by Crippen LogP contribution is 2.20. The summed E-state index contributed by atoms with van der Waals surface area (Å²) < 4.78 is 6.75. The molecule has 0 amide bonds. The van der Waals surface area contributed by atoms with Gasteiger partial charge in [0.25, 0.3) is 0 Å². The van der Waals surface area contributed by atoms with Crippen LogP contribution < -0.4 is 0 Å². The number of rotatable bonds is 3. The van der Waals surface area contributed by atoms with Crippen LogP contribution in [0.1, 0.15) is 40.3 Å². The molecule has 0 saturated carbocycles. The van der Waals surface area contributed by atoms with Gasteiger partial charge in [-0.2, -0.15) is 0 Å². The van der Waals surface area contributed by atoms with Gasteiger partial charge in [0.2, 0.25) is 0 Å². The molecule has 0 N–H and O–H groups in total. The quantitative estimate of drug-likeness (QED) is 0.617. The molecule has 0 aromatic carbocycles. The Hall–Kier alpha value is -2.10. The van der Waals surface area contributed by atoms with Gasteiger partial charge in [0.05, 0.1) is 23.4 Å². The lowest BCUT2D eigenvalue weighted by atomic mass is 10.2. The van der Waals surface area contributed by atoms with Gasteiger partial charge in [-0.3, -0.25) is 4.79 Å². The van der Waals surface area contributed by atoms with Gasteiger partial charge in [-0.1, -0.05) is 0 Å². The van der Waals surface area contributed by atoms with Gasteiger partial charge in [-0.05, 0) is 37.6 Å². The molecule has 0 bridgehead atoms. The van der Waals surface area contributed by atoms with Crippen LogP contribution in [0.15, 0.2) is 24.4 Å². The number of hydrogen-bond donors (Lipinski definition) is 0. The number of pyridine rings is 1. The Bertz CT molecular complexity index is 625. The van der Waals surface area contributed by atoms with Crippen molar-refractivity contribution in [2.45, 2.75) is 20.8 Å². The summed E-state index contributed by atoms with van der Waals surface area (Å²) in [5, 5.41) is 0. The Kier molecular flexibility index (Phi) is 3.19. The van der Waals surface area contributed by atoms with Crippen molar-refractivity contribution in [3.05, 3.63) is 41.2 Å². The average Bonchev–Trinajstić information content (AvgIpc) is 2.64. The van der Waals surface area contributed by atoms with E-state index in [0.717, 1.165) is 5.56 Å². The van der Waals surface area contributed by atoms with Crippen LogP contribution in [0.4, 0.5) is 0 Å². The van der Waals surface area contributed by atoms with E-state index in [9.17, 15) is 9.59 Å². The van der Waals surface area contributed by atoms with Crippen molar-refractivity contribution >= 4 is 17.3 Å². The number of esters is 1. The lowest BCUT2D eigenvalue weighted by molar-refractivity contribution is 0.0528. The first-order valence-corrected chi connectivity index (χ1v) is 5.85. The van der Waals surface area contributed by atoms with E-state index >= 15 is 0 Å². The van der Waals surface area contributed by atoms with Gasteiger partial charge in [-0.25, -0.2) is 4.79 Å². The SMILES string of the molecule is CCOC(=O)c1cccn2c(C(C)=O)c(C)cc12. The smallest absolute Gasteiger partial charge is 0.340 e. The van der Waals surface area contributed by atoms with E-state index in [4.69, 9.17) is 4.74 Å². The van der Waals surface area contributed by atoms with Crippen molar-refractivity contribution < 1.29 is 14.3 Å². The third-order valence-electron chi connectivity index (χ3n) is 2.83. The van der Waals surface area contributed by atoms with Gasteiger partial charge in [0.15, 0.2) is 5.78 Å². The van der Waals surface area contributed by atoms with Crippen LogP contribution in [-0.4, -0.2) is 22.8 Å². The van der Waals surface area contributed by atoms with Crippen molar-refractivity contribution in [2.75, 3.05) is 6.61 Å². The van der Waals surface area contributed by atoms with E-state index < -0.39 is 0 Å². The maximum Gasteiger partial charge on any atom is 0.340 e. The van der Waals surface area contributed by atoms with Gasteiger partial charge in [0, 0.05) is 13.1 Å². The molecule has 0 atom stereocenters. The van der Waals surface area contributed by atoms with E-state index in [-0.39, 0.29) is 11.8 Å². The van der Waals surface area contributed by atoms with Gasteiger partial charge in [-0.15, -0.1) is 0 Å². The molecule has 0 aliphatic heterocycles. The molecule has 0 aliphatic carbocycles. The molecule has 2 aromatic heterocycles. The molecule has 0 aliphatic rings. The highest BCUT2D eigenvalue weighted by molar-refractivity contribution is 6.00. The molecule has 2 aromatic rings. The second-order valence-corrected chi connectivity index (χ2v) is 4.13. The molecule has 0 saturated heterocycles. The topological polar surface area (TPSA) is 47.8 Å². The number of hydrogen-bond acceptors (Lipinski definition) is 3. The maximum atomic E-state index is 11.8. The maximum absolute atomic E-state index is 11.8. The predicted molar refractivity (Wildman–Crippen MR) is 68.1 cm³/mol. The molecular weight excluding hydrogens is 230 g/mol. The van der Waals surface area contributed by atoms with Crippen LogP contribution in [0.2, 0.25) is 0 Å². The summed E-state index contributed by atoms with van der Waals surface area (Å²) in [5.74, 6) is -0.385. The van der Waals surface area contributed by atoms with Crippen molar-refractivity contribution in [1.82, 2.24) is 4.40 Å². The zero-order valence-corrected chi connectivity index (χ0v) is 10.7. The molecule has 0 fully saturated rings. The number of ether oxygens (including phenoxy) is 1. The Morgan fingerprint density at radius 1 is 1.39 bits per heavy atom. The molecule has 18 heavy (non-hydrogen) atoms. The second kappa shape index (κ2) is 4.64. The van der Waals surface area contributed by atoms with Crippen LogP contribution in [0.3, 0.4) is 0 Å². The van der Waals surface area contributed by atoms with Crippen molar-refractivity contribution in [1.29, 1.82) is 0 Å². The number of nitrogens with zero attached hydrogens (tertiary/aromatic N) is 1. The Morgan fingerprint density at radius 2 is 2.11 bits per heavy atom. The minimum Gasteiger partial charge on any atom is -0.462 e. The number of fused-ring (bicyclic) bond motifs is 1. The summed E-state index contributed by atoms with van der Waals surface area (Å²) >= 11 is 0. The zero-order valence-electron chi connectivity index (χ0n) is 10.7. The monoisotopic (exact) mass is 245 g/mol. The van der Waals surface area contributed by atoms with Gasteiger partial charge < -0.3 is 9.14 Å². The largest absolute Gasteiger partial charge is 0.462 e. The summed E-state index contributed by atoms with van der Waals surface area (Å²) in [6.45, 7) is 5.48. The first-order chi connectivity index (χ1) is 8.56. The molecule has 94 valence electrons. The van der Waals surface area contributed by atoms with E-state index in [1.807, 2.05) is 13.0 Å². The third kappa shape index (κ3) is 1.90. The van der Waals surface area contributed by atoms with Crippen LogP contribution in [-0.2, 0) is 4.74 Å². The van der Waals surface area contributed by atoms with Crippen LogP contribution in [0, 0.1) is 6.92 Å². The fourth-order valence-electron chi connectivity index (χ4n) is 2.16.